The van der Waals surface area contributed by atoms with E-state index in [4.69, 9.17) is 0 Å². The van der Waals surface area contributed by atoms with E-state index in [-0.39, 0.29) is 0 Å². The Labute approximate surface area is 49.2 Å². The van der Waals surface area contributed by atoms with Gasteiger partial charge in [-0.05, 0) is 6.42 Å². The second-order valence-electron chi connectivity index (χ2n) is 1.60. The van der Waals surface area contributed by atoms with Crippen molar-refractivity contribution in [2.24, 2.45) is 0 Å². The van der Waals surface area contributed by atoms with E-state index < -0.39 is 7.60 Å². The number of hydrogen-bond acceptors (Lipinski definition) is 3. The molecule has 0 spiro atoms. The van der Waals surface area contributed by atoms with E-state index in [9.17, 15) is 9.46 Å². The first-order valence-electron chi connectivity index (χ1n) is 2.49. The van der Waals surface area contributed by atoms with E-state index in [1.54, 1.807) is 0 Å². The van der Waals surface area contributed by atoms with Gasteiger partial charge in [0.2, 0.25) is 0 Å². The molecule has 0 N–H and O–H groups in total. The van der Waals surface area contributed by atoms with Crippen LogP contribution in [0.5, 0.6) is 0 Å². The monoisotopic (exact) mass is 137 g/mol. The molecule has 0 radical (unpaired) electrons. The third-order valence-corrected chi connectivity index (χ3v) is 1.18. The molecule has 0 aliphatic heterocycles. The maximum absolute atomic E-state index is 10.2. The van der Waals surface area contributed by atoms with E-state index >= 15 is 0 Å². The Kier molecular flexibility index (Phi) is 3.29. The minimum absolute atomic E-state index is 0.303. The molecule has 0 fully saturated rings. The van der Waals surface area contributed by atoms with Crippen LogP contribution in [0, 0.1) is 0 Å². The molecule has 50 valence electrons. The minimum atomic E-state index is -3.43. The second kappa shape index (κ2) is 3.23. The van der Waals surface area contributed by atoms with E-state index in [2.05, 4.69) is 4.52 Å². The van der Waals surface area contributed by atoms with Gasteiger partial charge in [0.25, 0.3) is 0 Å². The highest BCUT2D eigenvalue weighted by molar-refractivity contribution is 7.50. The van der Waals surface area contributed by atoms with Gasteiger partial charge in [-0.2, -0.15) is 0 Å². The van der Waals surface area contributed by atoms with Crippen LogP contribution in [0.2, 0.25) is 0 Å². The lowest BCUT2D eigenvalue weighted by Crippen LogP contribution is -2.02. The maximum atomic E-state index is 10.2. The first-order chi connectivity index (χ1) is 3.56. The van der Waals surface area contributed by atoms with Crippen LogP contribution in [0.1, 0.15) is 13.3 Å². The van der Waals surface area contributed by atoms with Crippen molar-refractivity contribution in [3.8, 4) is 0 Å². The van der Waals surface area contributed by atoms with Crippen LogP contribution in [0.4, 0.5) is 0 Å². The van der Waals surface area contributed by atoms with Gasteiger partial charge in [-0.15, -0.1) is 0 Å². The summed E-state index contributed by atoms with van der Waals surface area (Å²) in [5, 5.41) is 0. The highest BCUT2D eigenvalue weighted by Crippen LogP contribution is 2.30. The van der Waals surface area contributed by atoms with E-state index in [1.165, 1.54) is 0 Å². The van der Waals surface area contributed by atoms with Crippen molar-refractivity contribution in [1.29, 1.82) is 0 Å². The van der Waals surface area contributed by atoms with Gasteiger partial charge >= 0.3 is 0 Å². The number of hydrogen-bond donors (Lipinski definition) is 0. The average Bonchev–Trinajstić information content (AvgIpc) is 1.59. The molecular weight excluding hydrogens is 127 g/mol. The molecule has 1 atom stereocenters. The molecule has 3 nitrogen and oxygen atoms in total. The summed E-state index contributed by atoms with van der Waals surface area (Å²) in [6.07, 6.45) is 0.736. The molecule has 0 aromatic carbocycles. The molecular formula is C4H10O3P-. The Hall–Kier alpha value is 0.150. The summed E-state index contributed by atoms with van der Waals surface area (Å²) in [6.45, 7) is 3.23. The summed E-state index contributed by atoms with van der Waals surface area (Å²) >= 11 is 0. The van der Waals surface area contributed by atoms with Gasteiger partial charge in [-0.1, -0.05) is 6.92 Å². The Balaban J connectivity index is 3.26. The largest absolute Gasteiger partial charge is 0.779 e. The van der Waals surface area contributed by atoms with Crippen LogP contribution in [0.3, 0.4) is 0 Å². The Morgan fingerprint density at radius 3 is 2.38 bits per heavy atom. The van der Waals surface area contributed by atoms with Crippen LogP contribution in [0.25, 0.3) is 0 Å². The molecule has 0 amide bonds. The Morgan fingerprint density at radius 1 is 1.75 bits per heavy atom. The maximum Gasteiger partial charge on any atom is 0.131 e. The van der Waals surface area contributed by atoms with E-state index in [0.29, 0.717) is 6.61 Å². The highest BCUT2D eigenvalue weighted by atomic mass is 31.2. The minimum Gasteiger partial charge on any atom is -0.779 e. The zero-order chi connectivity index (χ0) is 6.62. The van der Waals surface area contributed by atoms with Crippen LogP contribution in [-0.2, 0) is 9.09 Å². The molecule has 0 bridgehead atoms. The van der Waals surface area contributed by atoms with Gasteiger partial charge in [0.1, 0.15) is 7.60 Å². The van der Waals surface area contributed by atoms with Crippen LogP contribution in [0.15, 0.2) is 0 Å². The zero-order valence-corrected chi connectivity index (χ0v) is 5.98. The second-order valence-corrected chi connectivity index (χ2v) is 3.41. The lowest BCUT2D eigenvalue weighted by atomic mass is 10.5. The summed E-state index contributed by atoms with van der Waals surface area (Å²) in [5.41, 5.74) is 0. The standard InChI is InChI=1S/C4H11O3P/c1-3-4-7-8(2,5)6/h3-4H2,1-2H3,(H,5,6)/p-1. The topological polar surface area (TPSA) is 49.4 Å². The Morgan fingerprint density at radius 2 is 2.25 bits per heavy atom. The Bertz CT molecular complexity index is 95.5. The first-order valence-corrected chi connectivity index (χ1v) is 4.48. The highest BCUT2D eigenvalue weighted by Gasteiger charge is 1.94. The van der Waals surface area contributed by atoms with Crippen molar-refractivity contribution < 1.29 is 14.0 Å². The van der Waals surface area contributed by atoms with Crippen molar-refractivity contribution in [3.63, 3.8) is 0 Å². The molecule has 1 unspecified atom stereocenters. The predicted molar refractivity (Wildman–Crippen MR) is 29.8 cm³/mol. The van der Waals surface area contributed by atoms with Gasteiger partial charge in [0.15, 0.2) is 0 Å². The quantitative estimate of drug-likeness (QED) is 0.535. The van der Waals surface area contributed by atoms with Gasteiger partial charge in [-0.3, -0.25) is 0 Å². The fourth-order valence-electron chi connectivity index (χ4n) is 0.257. The third-order valence-electron chi connectivity index (χ3n) is 0.530. The van der Waals surface area contributed by atoms with Gasteiger partial charge < -0.3 is 14.0 Å². The predicted octanol–water partition coefficient (Wildman–Crippen LogP) is 0.596. The molecule has 8 heavy (non-hydrogen) atoms. The van der Waals surface area contributed by atoms with Crippen LogP contribution >= 0.6 is 7.60 Å². The van der Waals surface area contributed by atoms with Crippen molar-refractivity contribution in [1.82, 2.24) is 0 Å². The van der Waals surface area contributed by atoms with Crippen molar-refractivity contribution >= 4 is 7.60 Å². The van der Waals surface area contributed by atoms with Crippen LogP contribution in [-0.4, -0.2) is 13.3 Å². The summed E-state index contributed by atoms with van der Waals surface area (Å²) in [5.74, 6) is 0. The van der Waals surface area contributed by atoms with E-state index in [0.717, 1.165) is 13.1 Å². The summed E-state index contributed by atoms with van der Waals surface area (Å²) in [4.78, 5) is 10.2. The molecule has 0 heterocycles. The van der Waals surface area contributed by atoms with Crippen LogP contribution < -0.4 is 4.89 Å². The molecule has 0 aliphatic rings. The third kappa shape index (κ3) is 6.15. The van der Waals surface area contributed by atoms with Crippen molar-refractivity contribution in [2.75, 3.05) is 13.3 Å². The summed E-state index contributed by atoms with van der Waals surface area (Å²) in [6, 6.07) is 0. The van der Waals surface area contributed by atoms with E-state index in [1.807, 2.05) is 6.92 Å². The first kappa shape index (κ1) is 8.15. The fraction of sp³-hybridized carbons (Fsp3) is 1.00. The zero-order valence-electron chi connectivity index (χ0n) is 5.09. The molecule has 0 aliphatic carbocycles. The normalized spacial score (nSPS) is 17.9. The average molecular weight is 137 g/mol. The molecule has 4 heteroatoms. The molecule has 0 aromatic heterocycles. The summed E-state index contributed by atoms with van der Waals surface area (Å²) in [7, 11) is -3.43. The van der Waals surface area contributed by atoms with Crippen molar-refractivity contribution in [3.05, 3.63) is 0 Å². The lowest BCUT2D eigenvalue weighted by Gasteiger charge is -2.16. The van der Waals surface area contributed by atoms with Crippen molar-refractivity contribution in [2.45, 2.75) is 13.3 Å². The SMILES string of the molecule is CCCOP(C)(=O)[O-]. The molecule has 0 saturated carbocycles. The van der Waals surface area contributed by atoms with Gasteiger partial charge in [-0.25, -0.2) is 0 Å². The fourth-order valence-corrected chi connectivity index (χ4v) is 0.771. The lowest BCUT2D eigenvalue weighted by molar-refractivity contribution is -0.196. The van der Waals surface area contributed by atoms with Gasteiger partial charge in [0.05, 0.1) is 6.61 Å². The number of rotatable bonds is 3. The summed E-state index contributed by atoms with van der Waals surface area (Å²) < 4.78 is 14.6. The smallest absolute Gasteiger partial charge is 0.131 e. The molecule has 0 saturated heterocycles. The molecule has 0 rings (SSSR count). The van der Waals surface area contributed by atoms with Gasteiger partial charge in [0, 0.05) is 6.66 Å². The molecule has 0 aromatic rings.